The highest BCUT2D eigenvalue weighted by molar-refractivity contribution is 7.92. The predicted octanol–water partition coefficient (Wildman–Crippen LogP) is 5.67. The average molecular weight is 656 g/mol. The van der Waals surface area contributed by atoms with E-state index in [2.05, 4.69) is 0 Å². The molecule has 2 heterocycles. The van der Waals surface area contributed by atoms with Crippen LogP contribution in [0.5, 0.6) is 5.75 Å². The summed E-state index contributed by atoms with van der Waals surface area (Å²) in [6.45, 7) is -0.879. The molecule has 0 unspecified atom stereocenters. The topological polar surface area (TPSA) is 101 Å². The summed E-state index contributed by atoms with van der Waals surface area (Å²) in [6.07, 6.45) is -12.4. The van der Waals surface area contributed by atoms with E-state index >= 15 is 0 Å². The van der Waals surface area contributed by atoms with Crippen LogP contribution in [0, 0.1) is 17.7 Å². The Morgan fingerprint density at radius 1 is 0.886 bits per heavy atom. The average Bonchev–Trinajstić information content (AvgIpc) is 3.37. The zero-order valence-corrected chi connectivity index (χ0v) is 23.4. The van der Waals surface area contributed by atoms with Crippen LogP contribution in [-0.4, -0.2) is 61.8 Å². The summed E-state index contributed by atoms with van der Waals surface area (Å²) >= 11 is 0. The summed E-state index contributed by atoms with van der Waals surface area (Å²) in [7, 11) is -4.67. The molecular formula is C28H25F8NO6S. The number of hydrogen-bond acceptors (Lipinski definition) is 5. The van der Waals surface area contributed by atoms with Gasteiger partial charge in [0.2, 0.25) is 5.91 Å². The third-order valence-corrected chi connectivity index (χ3v) is 11.5. The predicted molar refractivity (Wildman–Crippen MR) is 135 cm³/mol. The fourth-order valence-corrected chi connectivity index (χ4v) is 8.92. The minimum Gasteiger partial charge on any atom is -0.491 e. The number of ether oxygens (including phenoxy) is 1. The zero-order valence-electron chi connectivity index (χ0n) is 22.6. The Morgan fingerprint density at radius 3 is 2.00 bits per heavy atom. The van der Waals surface area contributed by atoms with E-state index in [1.165, 1.54) is 4.90 Å². The molecule has 44 heavy (non-hydrogen) atoms. The van der Waals surface area contributed by atoms with Gasteiger partial charge in [-0.1, -0.05) is 12.1 Å². The summed E-state index contributed by atoms with van der Waals surface area (Å²) < 4.78 is 142. The molecule has 0 radical (unpaired) electrons. The van der Waals surface area contributed by atoms with E-state index in [-0.39, 0.29) is 56.3 Å². The first-order chi connectivity index (χ1) is 20.4. The maximum Gasteiger partial charge on any atom is 0.435 e. The molecule has 0 bridgehead atoms. The van der Waals surface area contributed by atoms with Crippen LogP contribution in [-0.2, 0) is 29.8 Å². The third-order valence-electron chi connectivity index (χ3n) is 8.96. The Bertz CT molecular complexity index is 1550. The van der Waals surface area contributed by atoms with Crippen molar-refractivity contribution in [3.05, 3.63) is 59.4 Å². The van der Waals surface area contributed by atoms with Gasteiger partial charge in [-0.25, -0.2) is 17.2 Å². The van der Waals surface area contributed by atoms with Crippen LogP contribution in [0.4, 0.5) is 35.1 Å². The Balaban J connectivity index is 1.62. The van der Waals surface area contributed by atoms with Crippen molar-refractivity contribution in [1.82, 2.24) is 4.90 Å². The molecule has 2 aromatic carbocycles. The Hall–Kier alpha value is -3.43. The summed E-state index contributed by atoms with van der Waals surface area (Å²) in [5.74, 6) is -4.35. The molecule has 3 aliphatic rings. The number of halogens is 8. The molecule has 5 rings (SSSR count). The summed E-state index contributed by atoms with van der Waals surface area (Å²) in [6, 6.07) is 3.28. The first-order valence-electron chi connectivity index (χ1n) is 13.5. The first kappa shape index (κ1) is 32.0. The van der Waals surface area contributed by atoms with Crippen molar-refractivity contribution < 1.29 is 63.0 Å². The smallest absolute Gasteiger partial charge is 0.435 e. The lowest BCUT2D eigenvalue weighted by Gasteiger charge is -2.43. The molecule has 1 saturated heterocycles. The number of amides is 1. The molecule has 1 saturated carbocycles. The lowest BCUT2D eigenvalue weighted by atomic mass is 9.81. The quantitative estimate of drug-likeness (QED) is 0.329. The van der Waals surface area contributed by atoms with E-state index in [0.29, 0.717) is 6.07 Å². The van der Waals surface area contributed by atoms with Crippen molar-refractivity contribution >= 4 is 21.7 Å². The van der Waals surface area contributed by atoms with Gasteiger partial charge >= 0.3 is 24.0 Å². The lowest BCUT2D eigenvalue weighted by Crippen LogP contribution is -2.56. The lowest BCUT2D eigenvalue weighted by molar-refractivity contribution is -0.348. The second-order valence-corrected chi connectivity index (χ2v) is 13.4. The molecule has 7 nitrogen and oxygen atoms in total. The Morgan fingerprint density at radius 2 is 1.45 bits per heavy atom. The summed E-state index contributed by atoms with van der Waals surface area (Å²) in [5.41, 5.74) is -8.05. The van der Waals surface area contributed by atoms with Crippen LogP contribution < -0.4 is 4.74 Å². The fourth-order valence-electron chi connectivity index (χ4n) is 6.63. The van der Waals surface area contributed by atoms with Gasteiger partial charge in [0.25, 0.3) is 0 Å². The van der Waals surface area contributed by atoms with E-state index in [1.54, 1.807) is 0 Å². The Kier molecular flexibility index (Phi) is 7.69. The van der Waals surface area contributed by atoms with Crippen LogP contribution in [0.15, 0.2) is 47.4 Å². The molecule has 1 amide bonds. The molecule has 0 spiro atoms. The standard InChI is InChI=1S/C28H25F8NO6S/c29-18-6-8-19(9-7-18)44(41,42)25-11-12-37(23(38)15-1-3-16(4-2-15)24(39)40)22(25)14-43-21-13-17(5-10-20(21)25)26(30,27(31,32)33)28(34,35)36/h5-10,13,15-16,22H,1-4,11-12,14H2,(H,39,40)/t15?,16?,22-,25-/m1/s1. The number of sulfone groups is 1. The monoisotopic (exact) mass is 655 g/mol. The van der Waals surface area contributed by atoms with Crippen LogP contribution in [0.2, 0.25) is 0 Å². The van der Waals surface area contributed by atoms with Gasteiger partial charge in [-0.15, -0.1) is 0 Å². The van der Waals surface area contributed by atoms with Gasteiger partial charge in [0.15, 0.2) is 9.84 Å². The number of alkyl halides is 7. The molecule has 1 aliphatic carbocycles. The molecule has 240 valence electrons. The number of benzene rings is 2. The van der Waals surface area contributed by atoms with Crippen LogP contribution in [0.1, 0.15) is 43.2 Å². The van der Waals surface area contributed by atoms with E-state index in [1.807, 2.05) is 0 Å². The van der Waals surface area contributed by atoms with Crippen LogP contribution in [0.25, 0.3) is 0 Å². The van der Waals surface area contributed by atoms with Crippen molar-refractivity contribution in [3.63, 3.8) is 0 Å². The molecule has 2 fully saturated rings. The van der Waals surface area contributed by atoms with Crippen LogP contribution in [0.3, 0.4) is 0 Å². The largest absolute Gasteiger partial charge is 0.491 e. The van der Waals surface area contributed by atoms with Gasteiger partial charge in [0, 0.05) is 23.6 Å². The Labute approximate surface area is 245 Å². The molecular weight excluding hydrogens is 630 g/mol. The number of rotatable bonds is 5. The molecule has 16 heteroatoms. The van der Waals surface area contributed by atoms with E-state index in [9.17, 15) is 58.2 Å². The van der Waals surface area contributed by atoms with Gasteiger partial charge in [0.05, 0.1) is 16.9 Å². The fraction of sp³-hybridized carbons (Fsp3) is 0.500. The number of aliphatic carboxylic acids is 1. The number of carbonyl (C=O) groups is 2. The summed E-state index contributed by atoms with van der Waals surface area (Å²) in [5, 5.41) is 9.28. The number of nitrogens with zero attached hydrogens (tertiary/aromatic N) is 1. The van der Waals surface area contributed by atoms with Crippen molar-refractivity contribution in [2.75, 3.05) is 13.2 Å². The third kappa shape index (κ3) is 4.70. The minimum absolute atomic E-state index is 0.173. The summed E-state index contributed by atoms with van der Waals surface area (Å²) in [4.78, 5) is 25.8. The van der Waals surface area contributed by atoms with E-state index in [0.717, 1.165) is 24.3 Å². The van der Waals surface area contributed by atoms with Crippen molar-refractivity contribution in [2.45, 2.75) is 65.8 Å². The van der Waals surface area contributed by atoms with E-state index < -0.39 is 91.0 Å². The van der Waals surface area contributed by atoms with Gasteiger partial charge in [-0.2, -0.15) is 26.3 Å². The van der Waals surface area contributed by atoms with Gasteiger partial charge in [0.1, 0.15) is 22.9 Å². The molecule has 0 aromatic heterocycles. The maximum atomic E-state index is 14.9. The maximum absolute atomic E-state index is 14.9. The first-order valence-corrected chi connectivity index (χ1v) is 15.0. The highest BCUT2D eigenvalue weighted by atomic mass is 32.2. The molecule has 2 aliphatic heterocycles. The van der Waals surface area contributed by atoms with Gasteiger partial charge < -0.3 is 14.7 Å². The number of fused-ring (bicyclic) bond motifs is 3. The number of hydrogen-bond donors (Lipinski definition) is 1. The molecule has 2 atom stereocenters. The SMILES string of the molecule is O=C(O)C1CCC(C(=O)N2CC[C@@]3(S(=O)(=O)c4ccc(F)cc4)c4ccc(C(F)(C(F)(F)F)C(F)(F)F)cc4OC[C@@H]23)CC1. The van der Waals surface area contributed by atoms with Crippen molar-refractivity contribution in [2.24, 2.45) is 11.8 Å². The second-order valence-electron chi connectivity index (χ2n) is 11.2. The normalized spacial score (nSPS) is 26.0. The van der Waals surface area contributed by atoms with Crippen LogP contribution >= 0.6 is 0 Å². The molecule has 1 N–H and O–H groups in total. The highest BCUT2D eigenvalue weighted by Crippen LogP contribution is 2.57. The number of likely N-dealkylation sites (tertiary alicyclic amines) is 1. The van der Waals surface area contributed by atoms with Gasteiger partial charge in [-0.3, -0.25) is 9.59 Å². The van der Waals surface area contributed by atoms with Crippen molar-refractivity contribution in [3.8, 4) is 5.75 Å². The highest BCUT2D eigenvalue weighted by Gasteiger charge is 2.74. The van der Waals surface area contributed by atoms with Crippen molar-refractivity contribution in [1.29, 1.82) is 0 Å². The van der Waals surface area contributed by atoms with Gasteiger partial charge in [-0.05, 0) is 62.4 Å². The second kappa shape index (κ2) is 10.6. The zero-order chi connectivity index (χ0) is 32.5. The van der Waals surface area contributed by atoms with E-state index in [4.69, 9.17) is 4.74 Å². The number of carboxylic acid groups (broad SMARTS) is 1. The molecule has 2 aromatic rings. The minimum atomic E-state index is -6.43. The number of carbonyl (C=O) groups excluding carboxylic acids is 1. The number of carboxylic acids is 1.